The van der Waals surface area contributed by atoms with Crippen molar-refractivity contribution in [1.82, 2.24) is 9.78 Å². The number of halogens is 1. The zero-order chi connectivity index (χ0) is 17.1. The predicted molar refractivity (Wildman–Crippen MR) is 97.8 cm³/mol. The minimum atomic E-state index is -0.279. The van der Waals surface area contributed by atoms with Crippen LogP contribution in [0.1, 0.15) is 24.5 Å². The van der Waals surface area contributed by atoms with E-state index in [0.717, 1.165) is 34.3 Å². The van der Waals surface area contributed by atoms with Crippen molar-refractivity contribution in [2.24, 2.45) is 0 Å². The highest BCUT2D eigenvalue weighted by atomic mass is 79.9. The second-order valence-corrected chi connectivity index (χ2v) is 6.76. The van der Waals surface area contributed by atoms with E-state index in [1.54, 1.807) is 0 Å². The zero-order valence-electron chi connectivity index (χ0n) is 13.8. The Labute approximate surface area is 149 Å². The standard InChI is InChI=1S/C18H20BrN3O2/c1-3-22-11-12(10-20-22)6-16-9-14(18(23)24-2)7-13-8-15(19)4-5-17(13)21-16/h4-5,7-8,10-11,16,21H,3,6,9H2,1-2H3. The second kappa shape index (κ2) is 7.21. The Morgan fingerprint density at radius 3 is 3.04 bits per heavy atom. The number of nitrogens with zero attached hydrogens (tertiary/aromatic N) is 2. The van der Waals surface area contributed by atoms with Crippen LogP contribution in [0, 0.1) is 0 Å². The van der Waals surface area contributed by atoms with Crippen LogP contribution in [-0.2, 0) is 22.5 Å². The lowest BCUT2D eigenvalue weighted by Gasteiger charge is -2.18. The van der Waals surface area contributed by atoms with Crippen molar-refractivity contribution in [2.75, 3.05) is 12.4 Å². The molecule has 0 radical (unpaired) electrons. The number of hydrogen-bond acceptors (Lipinski definition) is 4. The van der Waals surface area contributed by atoms with Crippen LogP contribution < -0.4 is 5.32 Å². The van der Waals surface area contributed by atoms with E-state index in [1.807, 2.05) is 35.2 Å². The molecule has 0 saturated heterocycles. The molecular formula is C18H20BrN3O2. The maximum absolute atomic E-state index is 12.1. The molecule has 0 aliphatic carbocycles. The number of carbonyl (C=O) groups excluding carboxylic acids is 1. The number of methoxy groups -OCH3 is 1. The fourth-order valence-electron chi connectivity index (χ4n) is 2.93. The summed E-state index contributed by atoms with van der Waals surface area (Å²) in [5.41, 5.74) is 3.83. The van der Waals surface area contributed by atoms with Crippen molar-refractivity contribution in [3.8, 4) is 0 Å². The van der Waals surface area contributed by atoms with Gasteiger partial charge in [-0.05, 0) is 48.7 Å². The van der Waals surface area contributed by atoms with Crippen molar-refractivity contribution in [2.45, 2.75) is 32.4 Å². The van der Waals surface area contributed by atoms with Crippen molar-refractivity contribution in [3.63, 3.8) is 0 Å². The quantitative estimate of drug-likeness (QED) is 0.810. The maximum Gasteiger partial charge on any atom is 0.333 e. The summed E-state index contributed by atoms with van der Waals surface area (Å²) in [5, 5.41) is 7.88. The molecule has 2 heterocycles. The van der Waals surface area contributed by atoms with E-state index in [1.165, 1.54) is 7.11 Å². The van der Waals surface area contributed by atoms with Gasteiger partial charge in [-0.2, -0.15) is 5.10 Å². The summed E-state index contributed by atoms with van der Waals surface area (Å²) < 4.78 is 7.84. The molecule has 6 heteroatoms. The molecule has 5 nitrogen and oxygen atoms in total. The molecule has 1 N–H and O–H groups in total. The highest BCUT2D eigenvalue weighted by Crippen LogP contribution is 2.30. The third-order valence-corrected chi connectivity index (χ3v) is 4.60. The number of ether oxygens (including phenoxy) is 1. The molecule has 0 bridgehead atoms. The summed E-state index contributed by atoms with van der Waals surface area (Å²) in [6.07, 6.45) is 7.26. The molecule has 0 saturated carbocycles. The molecule has 0 amide bonds. The number of aryl methyl sites for hydroxylation is 1. The smallest absolute Gasteiger partial charge is 0.333 e. The van der Waals surface area contributed by atoms with Gasteiger partial charge in [0.05, 0.1) is 13.3 Å². The van der Waals surface area contributed by atoms with Crippen LogP contribution in [0.15, 0.2) is 40.6 Å². The molecule has 0 fully saturated rings. The Morgan fingerprint density at radius 1 is 1.50 bits per heavy atom. The zero-order valence-corrected chi connectivity index (χ0v) is 15.3. The number of benzene rings is 1. The van der Waals surface area contributed by atoms with Gasteiger partial charge >= 0.3 is 5.97 Å². The van der Waals surface area contributed by atoms with Gasteiger partial charge in [-0.1, -0.05) is 15.9 Å². The van der Waals surface area contributed by atoms with Crippen LogP contribution in [0.2, 0.25) is 0 Å². The number of nitrogens with one attached hydrogen (secondary N) is 1. The van der Waals surface area contributed by atoms with Gasteiger partial charge in [0.15, 0.2) is 0 Å². The van der Waals surface area contributed by atoms with Crippen LogP contribution in [0.25, 0.3) is 6.08 Å². The summed E-state index contributed by atoms with van der Waals surface area (Å²) >= 11 is 3.49. The van der Waals surface area contributed by atoms with Gasteiger partial charge in [0.1, 0.15) is 0 Å². The molecule has 1 aromatic heterocycles. The molecule has 3 rings (SSSR count). The van der Waals surface area contributed by atoms with E-state index in [4.69, 9.17) is 4.74 Å². The van der Waals surface area contributed by atoms with E-state index in [0.29, 0.717) is 12.0 Å². The van der Waals surface area contributed by atoms with Gasteiger partial charge in [0.2, 0.25) is 0 Å². The molecule has 1 unspecified atom stereocenters. The summed E-state index contributed by atoms with van der Waals surface area (Å²) in [4.78, 5) is 12.1. The maximum atomic E-state index is 12.1. The minimum Gasteiger partial charge on any atom is -0.466 e. The molecular weight excluding hydrogens is 370 g/mol. The van der Waals surface area contributed by atoms with Crippen LogP contribution >= 0.6 is 15.9 Å². The number of aromatic nitrogens is 2. The first-order valence-electron chi connectivity index (χ1n) is 7.95. The molecule has 24 heavy (non-hydrogen) atoms. The molecule has 1 aromatic carbocycles. The van der Waals surface area contributed by atoms with Crippen molar-refractivity contribution >= 4 is 33.7 Å². The summed E-state index contributed by atoms with van der Waals surface area (Å²) in [7, 11) is 1.42. The van der Waals surface area contributed by atoms with Crippen molar-refractivity contribution < 1.29 is 9.53 Å². The lowest BCUT2D eigenvalue weighted by Crippen LogP contribution is -2.23. The molecule has 1 aliphatic rings. The number of hydrogen-bond donors (Lipinski definition) is 1. The van der Waals surface area contributed by atoms with Gasteiger partial charge in [-0.25, -0.2) is 4.79 Å². The Bertz CT molecular complexity index is 782. The molecule has 0 spiro atoms. The van der Waals surface area contributed by atoms with E-state index < -0.39 is 0 Å². The van der Waals surface area contributed by atoms with E-state index in [9.17, 15) is 4.79 Å². The molecule has 1 atom stereocenters. The molecule has 2 aromatic rings. The van der Waals surface area contributed by atoms with Crippen molar-refractivity contribution in [3.05, 3.63) is 51.8 Å². The number of anilines is 1. The van der Waals surface area contributed by atoms with Gasteiger partial charge in [0, 0.05) is 40.9 Å². The Hall–Kier alpha value is -2.08. The van der Waals surface area contributed by atoms with Gasteiger partial charge in [-0.15, -0.1) is 0 Å². The average molecular weight is 390 g/mol. The first-order valence-corrected chi connectivity index (χ1v) is 8.74. The summed E-state index contributed by atoms with van der Waals surface area (Å²) in [6, 6.07) is 6.13. The van der Waals surface area contributed by atoms with Gasteiger partial charge in [0.25, 0.3) is 0 Å². The van der Waals surface area contributed by atoms with Crippen LogP contribution in [0.5, 0.6) is 0 Å². The second-order valence-electron chi connectivity index (χ2n) is 5.85. The number of fused-ring (bicyclic) bond motifs is 1. The SMILES string of the molecule is CCn1cc(CC2CC(C(=O)OC)=Cc3cc(Br)ccc3N2)cn1. The third kappa shape index (κ3) is 3.70. The Balaban J connectivity index is 1.90. The molecule has 126 valence electrons. The lowest BCUT2D eigenvalue weighted by molar-refractivity contribution is -0.136. The first kappa shape index (κ1) is 16.8. The number of carbonyl (C=O) groups is 1. The summed E-state index contributed by atoms with van der Waals surface area (Å²) in [5.74, 6) is -0.279. The monoisotopic (exact) mass is 389 g/mol. The topological polar surface area (TPSA) is 56.1 Å². The van der Waals surface area contributed by atoms with E-state index in [-0.39, 0.29) is 12.0 Å². The van der Waals surface area contributed by atoms with Crippen LogP contribution in [-0.4, -0.2) is 28.9 Å². The lowest BCUT2D eigenvalue weighted by atomic mass is 10.0. The predicted octanol–water partition coefficient (Wildman–Crippen LogP) is 3.65. The average Bonchev–Trinajstić information content (AvgIpc) is 2.95. The largest absolute Gasteiger partial charge is 0.466 e. The van der Waals surface area contributed by atoms with Crippen LogP contribution in [0.3, 0.4) is 0 Å². The normalized spacial score (nSPS) is 16.6. The highest BCUT2D eigenvalue weighted by molar-refractivity contribution is 9.10. The number of esters is 1. The number of rotatable bonds is 4. The van der Waals surface area contributed by atoms with Crippen molar-refractivity contribution in [1.29, 1.82) is 0 Å². The van der Waals surface area contributed by atoms with E-state index in [2.05, 4.69) is 39.5 Å². The van der Waals surface area contributed by atoms with Crippen LogP contribution in [0.4, 0.5) is 5.69 Å². The molecule has 1 aliphatic heterocycles. The minimum absolute atomic E-state index is 0.104. The Morgan fingerprint density at radius 2 is 2.33 bits per heavy atom. The fraction of sp³-hybridized carbons (Fsp3) is 0.333. The Kier molecular flexibility index (Phi) is 5.04. The summed E-state index contributed by atoms with van der Waals surface area (Å²) in [6.45, 7) is 2.91. The third-order valence-electron chi connectivity index (χ3n) is 4.11. The fourth-order valence-corrected chi connectivity index (χ4v) is 3.31. The highest BCUT2D eigenvalue weighted by Gasteiger charge is 2.22. The van der Waals surface area contributed by atoms with Gasteiger partial charge in [-0.3, -0.25) is 4.68 Å². The van der Waals surface area contributed by atoms with Gasteiger partial charge < -0.3 is 10.1 Å². The van der Waals surface area contributed by atoms with E-state index >= 15 is 0 Å². The first-order chi connectivity index (χ1) is 11.6.